The highest BCUT2D eigenvalue weighted by molar-refractivity contribution is 8.03. The molecule has 124 valence electrons. The SMILES string of the molecule is CCc1cccc2c1N(C(=O)O)C(=CC1=NC(=O)c3ccccc31)S2. The summed E-state index contributed by atoms with van der Waals surface area (Å²) in [5.41, 5.74) is 3.45. The lowest BCUT2D eigenvalue weighted by Crippen LogP contribution is -2.25. The average molecular weight is 350 g/mol. The third-order valence-corrected chi connectivity index (χ3v) is 5.29. The largest absolute Gasteiger partial charge is 0.464 e. The number of thioether (sulfide) groups is 1. The number of carboxylic acid groups (broad SMARTS) is 1. The third-order valence-electron chi connectivity index (χ3n) is 4.23. The Bertz CT molecular complexity index is 978. The first kappa shape index (κ1) is 15.7. The van der Waals surface area contributed by atoms with Gasteiger partial charge in [0, 0.05) is 10.5 Å². The van der Waals surface area contributed by atoms with Crippen LogP contribution in [0.15, 0.2) is 63.5 Å². The van der Waals surface area contributed by atoms with E-state index in [1.54, 1.807) is 18.2 Å². The summed E-state index contributed by atoms with van der Waals surface area (Å²) in [6, 6.07) is 13.0. The Labute approximate surface area is 148 Å². The fourth-order valence-electron chi connectivity index (χ4n) is 3.09. The van der Waals surface area contributed by atoms with Crippen molar-refractivity contribution in [3.8, 4) is 0 Å². The van der Waals surface area contributed by atoms with Gasteiger partial charge in [0.1, 0.15) is 0 Å². The summed E-state index contributed by atoms with van der Waals surface area (Å²) in [4.78, 5) is 30.2. The molecule has 4 rings (SSSR count). The minimum absolute atomic E-state index is 0.293. The molecule has 0 atom stereocenters. The number of anilines is 1. The smallest absolute Gasteiger partial charge is 0.416 e. The van der Waals surface area contributed by atoms with Gasteiger partial charge in [-0.2, -0.15) is 0 Å². The van der Waals surface area contributed by atoms with Crippen molar-refractivity contribution in [1.29, 1.82) is 0 Å². The van der Waals surface area contributed by atoms with Crippen LogP contribution in [0, 0.1) is 0 Å². The monoisotopic (exact) mass is 350 g/mol. The van der Waals surface area contributed by atoms with Gasteiger partial charge >= 0.3 is 6.09 Å². The number of para-hydroxylation sites is 1. The standard InChI is InChI=1S/C19H14N2O3S/c1-2-11-6-5-9-15-17(11)21(19(23)24)16(25-15)10-14-12-7-3-4-8-13(12)18(22)20-14/h3-10H,2H2,1H3,(H,23,24). The number of hydrogen-bond donors (Lipinski definition) is 1. The molecule has 0 bridgehead atoms. The first-order chi connectivity index (χ1) is 12.1. The highest BCUT2D eigenvalue weighted by Gasteiger charge is 2.33. The molecule has 0 aromatic heterocycles. The fraction of sp³-hybridized carbons (Fsp3) is 0.105. The molecule has 0 saturated carbocycles. The number of aryl methyl sites for hydroxylation is 1. The maximum absolute atomic E-state index is 12.0. The Morgan fingerprint density at radius 1 is 1.20 bits per heavy atom. The van der Waals surface area contributed by atoms with Crippen LogP contribution in [0.3, 0.4) is 0 Å². The predicted octanol–water partition coefficient (Wildman–Crippen LogP) is 4.32. The van der Waals surface area contributed by atoms with Crippen LogP contribution in [0.2, 0.25) is 0 Å². The summed E-state index contributed by atoms with van der Waals surface area (Å²) >= 11 is 1.38. The maximum Gasteiger partial charge on any atom is 0.416 e. The topological polar surface area (TPSA) is 70.0 Å². The van der Waals surface area contributed by atoms with E-state index in [0.717, 1.165) is 22.4 Å². The number of carbonyl (C=O) groups is 2. The zero-order chi connectivity index (χ0) is 17.6. The zero-order valence-corrected chi connectivity index (χ0v) is 14.2. The molecule has 2 aliphatic rings. The lowest BCUT2D eigenvalue weighted by Gasteiger charge is -2.17. The lowest BCUT2D eigenvalue weighted by atomic mass is 10.1. The molecule has 0 unspecified atom stereocenters. The summed E-state index contributed by atoms with van der Waals surface area (Å²) < 4.78 is 0. The fourth-order valence-corrected chi connectivity index (χ4v) is 4.21. The number of rotatable bonds is 2. The average Bonchev–Trinajstić information content (AvgIpc) is 3.13. The Morgan fingerprint density at radius 3 is 2.68 bits per heavy atom. The van der Waals surface area contributed by atoms with E-state index in [-0.39, 0.29) is 5.91 Å². The number of nitrogens with zero attached hydrogens (tertiary/aromatic N) is 2. The third kappa shape index (κ3) is 2.46. The van der Waals surface area contributed by atoms with E-state index in [4.69, 9.17) is 0 Å². The molecule has 2 aromatic carbocycles. The van der Waals surface area contributed by atoms with Gasteiger partial charge in [-0.25, -0.2) is 14.7 Å². The molecular formula is C19H14N2O3S. The van der Waals surface area contributed by atoms with E-state index >= 15 is 0 Å². The van der Waals surface area contributed by atoms with Crippen LogP contribution in [0.4, 0.5) is 10.5 Å². The van der Waals surface area contributed by atoms with Gasteiger partial charge in [0.2, 0.25) is 0 Å². The number of amides is 2. The molecule has 6 heteroatoms. The van der Waals surface area contributed by atoms with Crippen molar-refractivity contribution in [1.82, 2.24) is 0 Å². The van der Waals surface area contributed by atoms with E-state index in [0.29, 0.717) is 22.0 Å². The van der Waals surface area contributed by atoms with Crippen LogP contribution in [0.25, 0.3) is 0 Å². The van der Waals surface area contributed by atoms with E-state index in [1.165, 1.54) is 16.7 Å². The van der Waals surface area contributed by atoms with Crippen molar-refractivity contribution < 1.29 is 14.7 Å². The summed E-state index contributed by atoms with van der Waals surface area (Å²) in [7, 11) is 0. The van der Waals surface area contributed by atoms with Crippen LogP contribution < -0.4 is 4.90 Å². The van der Waals surface area contributed by atoms with Crippen molar-refractivity contribution >= 4 is 35.2 Å². The molecule has 0 radical (unpaired) electrons. The summed E-state index contributed by atoms with van der Waals surface area (Å²) in [5.74, 6) is -0.293. The van der Waals surface area contributed by atoms with Crippen molar-refractivity contribution in [3.63, 3.8) is 0 Å². The molecule has 2 heterocycles. The van der Waals surface area contributed by atoms with Gasteiger partial charge in [-0.15, -0.1) is 0 Å². The molecule has 2 aromatic rings. The second kappa shape index (κ2) is 5.89. The molecule has 0 aliphatic carbocycles. The quantitative estimate of drug-likeness (QED) is 0.875. The van der Waals surface area contributed by atoms with Gasteiger partial charge in [-0.1, -0.05) is 49.0 Å². The normalized spacial score (nSPS) is 16.8. The predicted molar refractivity (Wildman–Crippen MR) is 97.6 cm³/mol. The maximum atomic E-state index is 12.0. The number of hydrogen-bond acceptors (Lipinski definition) is 3. The summed E-state index contributed by atoms with van der Waals surface area (Å²) in [6.45, 7) is 2.00. The van der Waals surface area contributed by atoms with Crippen LogP contribution in [0.5, 0.6) is 0 Å². The van der Waals surface area contributed by atoms with E-state index in [9.17, 15) is 14.7 Å². The Hall–Kier alpha value is -2.86. The van der Waals surface area contributed by atoms with Gasteiger partial charge in [-0.3, -0.25) is 4.79 Å². The molecule has 0 spiro atoms. The molecular weight excluding hydrogens is 336 g/mol. The second-order valence-electron chi connectivity index (χ2n) is 5.67. The van der Waals surface area contributed by atoms with Gasteiger partial charge in [0.25, 0.3) is 5.91 Å². The molecule has 25 heavy (non-hydrogen) atoms. The van der Waals surface area contributed by atoms with Gasteiger partial charge < -0.3 is 5.11 Å². The van der Waals surface area contributed by atoms with Crippen molar-refractivity contribution in [2.24, 2.45) is 4.99 Å². The van der Waals surface area contributed by atoms with Crippen LogP contribution in [0.1, 0.15) is 28.4 Å². The van der Waals surface area contributed by atoms with Gasteiger partial charge in [0.15, 0.2) is 0 Å². The molecule has 2 amide bonds. The van der Waals surface area contributed by atoms with Crippen LogP contribution >= 0.6 is 11.8 Å². The molecule has 5 nitrogen and oxygen atoms in total. The second-order valence-corrected chi connectivity index (χ2v) is 6.73. The van der Waals surface area contributed by atoms with Crippen molar-refractivity contribution in [3.05, 3.63) is 70.3 Å². The van der Waals surface area contributed by atoms with Gasteiger partial charge in [0.05, 0.1) is 22.0 Å². The number of benzene rings is 2. The molecule has 2 aliphatic heterocycles. The highest BCUT2D eigenvalue weighted by Crippen LogP contribution is 2.48. The first-order valence-electron chi connectivity index (χ1n) is 7.87. The Balaban J connectivity index is 1.82. The van der Waals surface area contributed by atoms with E-state index in [2.05, 4.69) is 4.99 Å². The van der Waals surface area contributed by atoms with E-state index < -0.39 is 6.09 Å². The summed E-state index contributed by atoms with van der Waals surface area (Å²) in [6.07, 6.45) is 1.38. The van der Waals surface area contributed by atoms with E-state index in [1.807, 2.05) is 37.3 Å². The molecule has 1 N–H and O–H groups in total. The lowest BCUT2D eigenvalue weighted by molar-refractivity contribution is 0.101. The van der Waals surface area contributed by atoms with Gasteiger partial charge in [-0.05, 0) is 30.2 Å². The Kier molecular flexibility index (Phi) is 3.69. The van der Waals surface area contributed by atoms with Crippen molar-refractivity contribution in [2.75, 3.05) is 4.90 Å². The van der Waals surface area contributed by atoms with Crippen LogP contribution in [-0.2, 0) is 6.42 Å². The van der Waals surface area contributed by atoms with Crippen molar-refractivity contribution in [2.45, 2.75) is 18.2 Å². The minimum Gasteiger partial charge on any atom is -0.464 e. The minimum atomic E-state index is -1.04. The highest BCUT2D eigenvalue weighted by atomic mass is 32.2. The summed E-state index contributed by atoms with van der Waals surface area (Å²) in [5, 5.41) is 10.3. The Morgan fingerprint density at radius 2 is 1.96 bits per heavy atom. The number of aliphatic imine (C=N–C) groups is 1. The first-order valence-corrected chi connectivity index (χ1v) is 8.68. The molecule has 0 fully saturated rings. The van der Waals surface area contributed by atoms with Crippen LogP contribution in [-0.4, -0.2) is 22.8 Å². The zero-order valence-electron chi connectivity index (χ0n) is 13.4. The number of carbonyl (C=O) groups excluding carboxylic acids is 1. The molecule has 0 saturated heterocycles. The number of fused-ring (bicyclic) bond motifs is 2. The number of allylic oxidation sites excluding steroid dienone is 1.